The van der Waals surface area contributed by atoms with Gasteiger partial charge in [0.15, 0.2) is 0 Å². The minimum atomic E-state index is -1.12. The van der Waals surface area contributed by atoms with E-state index >= 15 is 0 Å². The first-order valence-electron chi connectivity index (χ1n) is 8.32. The molecule has 140 valence electrons. The number of hydrogen-bond acceptors (Lipinski definition) is 1. The molecule has 25 heavy (non-hydrogen) atoms. The summed E-state index contributed by atoms with van der Waals surface area (Å²) in [4.78, 5) is 0. The fourth-order valence-corrected chi connectivity index (χ4v) is 9.16. The van der Waals surface area contributed by atoms with Crippen molar-refractivity contribution in [1.82, 2.24) is 0 Å². The first-order chi connectivity index (χ1) is 10.2. The third-order valence-corrected chi connectivity index (χ3v) is 9.48. The van der Waals surface area contributed by atoms with Crippen LogP contribution in [0.4, 0.5) is 0 Å². The Labute approximate surface area is 190 Å². The third kappa shape index (κ3) is 4.49. The molecule has 2 rings (SSSR count). The van der Waals surface area contributed by atoms with Gasteiger partial charge in [0.2, 0.25) is 0 Å². The standard InChI is InChI=1S/C19H29OSi.3ClH.Zr/c1-11-9-13(3)17(15(11)5)19(20,21(7)8)18-14(4)10-12(2)16(18)6;;;;/h9-10,15-16,21H,1-8H3;3*1H;/q-1;;;;+4/p-3. The topological polar surface area (TPSA) is 9.23 Å². The Hall–Kier alpha value is 0.890. The van der Waals surface area contributed by atoms with Crippen LogP contribution in [0.5, 0.6) is 0 Å². The Kier molecular flexibility index (Phi) is 11.7. The van der Waals surface area contributed by atoms with Gasteiger partial charge in [-0.2, -0.15) is 0 Å². The Morgan fingerprint density at radius 3 is 1.32 bits per heavy atom. The van der Waals surface area contributed by atoms with Crippen LogP contribution in [0.3, 0.4) is 0 Å². The fraction of sp³-hybridized carbons (Fsp3) is 0.579. The van der Waals surface area contributed by atoms with Crippen LogP contribution in [0.25, 0.3) is 0 Å². The summed E-state index contributed by atoms with van der Waals surface area (Å²) in [7, 11) is -1.12. The third-order valence-electron chi connectivity index (χ3n) is 5.74. The van der Waals surface area contributed by atoms with Gasteiger partial charge in [-0.3, -0.25) is 0 Å². The monoisotopic (exact) mass is 496 g/mol. The molecule has 0 aliphatic heterocycles. The second-order valence-electron chi connectivity index (χ2n) is 7.41. The second-order valence-corrected chi connectivity index (χ2v) is 11.0. The average Bonchev–Trinajstić information content (AvgIpc) is 2.83. The van der Waals surface area contributed by atoms with Crippen molar-refractivity contribution < 1.29 is 65.2 Å². The van der Waals surface area contributed by atoms with Gasteiger partial charge in [-0.05, 0) is 0 Å². The van der Waals surface area contributed by atoms with E-state index in [2.05, 4.69) is 66.8 Å². The first kappa shape index (κ1) is 28.1. The van der Waals surface area contributed by atoms with Crippen LogP contribution >= 0.6 is 0 Å². The Morgan fingerprint density at radius 2 is 1.16 bits per heavy atom. The molecule has 2 atom stereocenters. The molecule has 1 nitrogen and oxygen atoms in total. The molecule has 0 spiro atoms. The number of rotatable bonds is 4. The van der Waals surface area contributed by atoms with Gasteiger partial charge in [0.05, 0.1) is 0 Å². The summed E-state index contributed by atoms with van der Waals surface area (Å²) in [6.45, 7) is 18.7. The summed E-state index contributed by atoms with van der Waals surface area (Å²) in [5, 5.41) is -0.117. The van der Waals surface area contributed by atoms with E-state index in [1.807, 2.05) is 0 Å². The van der Waals surface area contributed by atoms with Crippen molar-refractivity contribution in [3.8, 4) is 0 Å². The predicted molar refractivity (Wildman–Crippen MR) is 93.9 cm³/mol. The van der Waals surface area contributed by atoms with Gasteiger partial charge in [-0.25, -0.2) is 0 Å². The van der Waals surface area contributed by atoms with Crippen molar-refractivity contribution in [3.05, 3.63) is 45.6 Å². The van der Waals surface area contributed by atoms with Crippen LogP contribution in [0.2, 0.25) is 13.1 Å². The van der Waals surface area contributed by atoms with Gasteiger partial charge in [0, 0.05) is 0 Å². The summed E-state index contributed by atoms with van der Waals surface area (Å²) in [6.07, 6.45) is 4.74. The van der Waals surface area contributed by atoms with Gasteiger partial charge in [0.25, 0.3) is 0 Å². The van der Waals surface area contributed by atoms with E-state index in [0.717, 1.165) is 0 Å². The van der Waals surface area contributed by atoms with Crippen LogP contribution in [0, 0.1) is 11.8 Å². The molecule has 0 saturated carbocycles. The normalized spacial score (nSPS) is 25.1. The van der Waals surface area contributed by atoms with Gasteiger partial charge >= 0.3 is 154 Å². The van der Waals surface area contributed by atoms with Crippen molar-refractivity contribution in [3.63, 3.8) is 0 Å². The van der Waals surface area contributed by atoms with Crippen molar-refractivity contribution in [2.24, 2.45) is 11.8 Å². The quantitative estimate of drug-likeness (QED) is 0.360. The van der Waals surface area contributed by atoms with Gasteiger partial charge < -0.3 is 37.2 Å². The molecule has 2 aliphatic carbocycles. The molecule has 0 aromatic rings. The Bertz CT molecular complexity index is 574. The summed E-state index contributed by atoms with van der Waals surface area (Å²) in [6, 6.07) is 0. The SMILES string of the molecule is CC1=CC(C)=C(C([O][Zr+3])(C2=C(C)C=C(C)C2C)[SiH](C)C)C1C.[Cl-].[Cl-].[Cl-]. The van der Waals surface area contributed by atoms with Crippen LogP contribution in [0.15, 0.2) is 45.6 Å². The van der Waals surface area contributed by atoms with E-state index in [0.29, 0.717) is 11.8 Å². The summed E-state index contributed by atoms with van der Waals surface area (Å²) in [5.41, 5.74) is 8.93. The fourth-order valence-electron chi connectivity index (χ4n) is 4.45. The van der Waals surface area contributed by atoms with E-state index in [1.165, 1.54) is 47.5 Å². The summed E-state index contributed by atoms with van der Waals surface area (Å²) in [5.74, 6) is 1.01. The molecule has 0 bridgehead atoms. The van der Waals surface area contributed by atoms with E-state index in [-0.39, 0.29) is 42.4 Å². The van der Waals surface area contributed by atoms with Crippen molar-refractivity contribution in [1.29, 1.82) is 0 Å². The molecule has 2 aliphatic rings. The number of hydrogen-bond donors (Lipinski definition) is 0. The smallest absolute Gasteiger partial charge is 1.00 e. The maximum atomic E-state index is 6.51. The van der Waals surface area contributed by atoms with Crippen LogP contribution in [-0.2, 0) is 28.0 Å². The zero-order valence-electron chi connectivity index (χ0n) is 16.4. The molecule has 6 heteroatoms. The predicted octanol–water partition coefficient (Wildman–Crippen LogP) is -3.93. The first-order valence-corrected chi connectivity index (χ1v) is 12.2. The molecule has 2 unspecified atom stereocenters. The van der Waals surface area contributed by atoms with E-state index in [1.54, 1.807) is 11.1 Å². The van der Waals surface area contributed by atoms with Crippen molar-refractivity contribution in [2.45, 2.75) is 59.9 Å². The zero-order chi connectivity index (χ0) is 16.8. The minimum Gasteiger partial charge on any atom is -1.00 e. The van der Waals surface area contributed by atoms with Crippen LogP contribution < -0.4 is 37.2 Å². The minimum absolute atomic E-state index is 0. The molecule has 0 aromatic heterocycles. The van der Waals surface area contributed by atoms with Crippen molar-refractivity contribution in [2.75, 3.05) is 0 Å². The molecule has 0 heterocycles. The molecule has 0 fully saturated rings. The average molecular weight is 499 g/mol. The maximum absolute atomic E-state index is 6.51. The molecular formula is C19H29Cl3OSiZr. The Balaban J connectivity index is 0. The van der Waals surface area contributed by atoms with Gasteiger partial charge in [0.1, 0.15) is 0 Å². The number of allylic oxidation sites excluding steroid dienone is 6. The molecule has 0 amide bonds. The second kappa shape index (κ2) is 10.4. The molecule has 0 N–H and O–H groups in total. The van der Waals surface area contributed by atoms with Crippen LogP contribution in [0.1, 0.15) is 41.5 Å². The maximum Gasteiger partial charge on any atom is -1.00 e. The molecule has 0 aromatic carbocycles. The Morgan fingerprint density at radius 1 is 0.840 bits per heavy atom. The summed E-state index contributed by atoms with van der Waals surface area (Å²) >= 11 is 1.19. The van der Waals surface area contributed by atoms with Crippen molar-refractivity contribution >= 4 is 8.80 Å². The van der Waals surface area contributed by atoms with Crippen LogP contribution in [-0.4, -0.2) is 14.0 Å². The molecule has 0 radical (unpaired) electrons. The van der Waals surface area contributed by atoms with E-state index in [4.69, 9.17) is 2.81 Å². The summed E-state index contributed by atoms with van der Waals surface area (Å²) < 4.78 is 6.51. The largest absolute Gasteiger partial charge is 1.00 e. The van der Waals surface area contributed by atoms with E-state index in [9.17, 15) is 0 Å². The van der Waals surface area contributed by atoms with E-state index < -0.39 is 8.80 Å². The molecular weight excluding hydrogens is 470 g/mol. The van der Waals surface area contributed by atoms with Gasteiger partial charge in [-0.15, -0.1) is 0 Å². The zero-order valence-corrected chi connectivity index (χ0v) is 22.3. The number of halogens is 3. The molecule has 0 saturated heterocycles. The van der Waals surface area contributed by atoms with Gasteiger partial charge in [-0.1, -0.05) is 0 Å².